The van der Waals surface area contributed by atoms with E-state index in [-0.39, 0.29) is 11.0 Å². The van der Waals surface area contributed by atoms with Gasteiger partial charge in [-0.25, -0.2) is 0 Å². The fourth-order valence-corrected chi connectivity index (χ4v) is 2.08. The van der Waals surface area contributed by atoms with Gasteiger partial charge in [0.1, 0.15) is 0 Å². The molecule has 0 unspecified atom stereocenters. The fourth-order valence-electron chi connectivity index (χ4n) is 1.45. The first-order valence-corrected chi connectivity index (χ1v) is 4.96. The summed E-state index contributed by atoms with van der Waals surface area (Å²) in [7, 11) is 0. The molecule has 0 aliphatic heterocycles. The Kier molecular flexibility index (Phi) is 1.53. The Morgan fingerprint density at radius 2 is 2.25 bits per heavy atom. The molecule has 3 nitrogen and oxygen atoms in total. The van der Waals surface area contributed by atoms with Gasteiger partial charge in [-0.15, -0.1) is 5.10 Å². The first kappa shape index (κ1) is 8.13. The third-order valence-corrected chi connectivity index (χ3v) is 3.54. The smallest absolute Gasteiger partial charge is 0.0829 e. The summed E-state index contributed by atoms with van der Waals surface area (Å²) < 4.78 is 3.87. The van der Waals surface area contributed by atoms with Gasteiger partial charge in [0.05, 0.1) is 5.69 Å². The summed E-state index contributed by atoms with van der Waals surface area (Å²) in [5, 5.41) is 6.08. The third-order valence-electron chi connectivity index (χ3n) is 3.03. The van der Waals surface area contributed by atoms with Crippen LogP contribution in [0, 0.1) is 0 Å². The average molecular weight is 183 g/mol. The lowest BCUT2D eigenvalue weighted by molar-refractivity contribution is 0.380. The fraction of sp³-hybridized carbons (Fsp3) is 0.750. The van der Waals surface area contributed by atoms with Crippen molar-refractivity contribution in [3.63, 3.8) is 0 Å². The van der Waals surface area contributed by atoms with Gasteiger partial charge in [0.2, 0.25) is 0 Å². The topological polar surface area (TPSA) is 51.8 Å². The zero-order valence-corrected chi connectivity index (χ0v) is 8.19. The van der Waals surface area contributed by atoms with Crippen LogP contribution in [0.5, 0.6) is 0 Å². The number of aromatic nitrogens is 2. The molecule has 1 aromatic heterocycles. The van der Waals surface area contributed by atoms with Gasteiger partial charge in [-0.1, -0.05) is 18.3 Å². The molecule has 0 aromatic carbocycles. The van der Waals surface area contributed by atoms with E-state index in [0.717, 1.165) is 18.5 Å². The molecule has 0 saturated heterocycles. The minimum Gasteiger partial charge on any atom is -0.324 e. The van der Waals surface area contributed by atoms with Gasteiger partial charge in [-0.05, 0) is 24.4 Å². The monoisotopic (exact) mass is 183 g/mol. The number of nitrogens with zero attached hydrogens (tertiary/aromatic N) is 2. The third kappa shape index (κ3) is 0.983. The molecule has 0 radical (unpaired) electrons. The Labute approximate surface area is 76.1 Å². The van der Waals surface area contributed by atoms with E-state index in [2.05, 4.69) is 23.4 Å². The molecular weight excluding hydrogens is 170 g/mol. The molecule has 12 heavy (non-hydrogen) atoms. The molecule has 0 bridgehead atoms. The minimum atomic E-state index is -0.0250. The van der Waals surface area contributed by atoms with Gasteiger partial charge in [0.25, 0.3) is 0 Å². The highest BCUT2D eigenvalue weighted by molar-refractivity contribution is 7.03. The van der Waals surface area contributed by atoms with Crippen molar-refractivity contribution >= 4 is 11.5 Å². The molecule has 1 aliphatic rings. The lowest BCUT2D eigenvalue weighted by Crippen LogP contribution is -2.43. The maximum absolute atomic E-state index is 6.15. The molecule has 1 aromatic rings. The van der Waals surface area contributed by atoms with E-state index in [1.54, 1.807) is 0 Å². The molecule has 1 heterocycles. The molecule has 0 atom stereocenters. The lowest BCUT2D eigenvalue weighted by Gasteiger charge is -2.29. The summed E-state index contributed by atoms with van der Waals surface area (Å²) in [6.07, 6.45) is 2.22. The Morgan fingerprint density at radius 1 is 1.58 bits per heavy atom. The second-order valence-electron chi connectivity index (χ2n) is 4.07. The zero-order valence-electron chi connectivity index (χ0n) is 7.37. The van der Waals surface area contributed by atoms with E-state index in [4.69, 9.17) is 5.73 Å². The second-order valence-corrected chi connectivity index (χ2v) is 4.68. The highest BCUT2D eigenvalue weighted by Gasteiger charge is 2.53. The molecule has 4 heteroatoms. The van der Waals surface area contributed by atoms with E-state index in [0.29, 0.717) is 0 Å². The van der Waals surface area contributed by atoms with Crippen LogP contribution < -0.4 is 5.73 Å². The predicted octanol–water partition coefficient (Wildman–Crippen LogP) is 1.31. The highest BCUT2D eigenvalue weighted by Crippen LogP contribution is 2.48. The van der Waals surface area contributed by atoms with Crippen LogP contribution in [0.25, 0.3) is 0 Å². The Bertz CT molecular complexity index is 275. The maximum atomic E-state index is 6.15. The van der Waals surface area contributed by atoms with E-state index in [9.17, 15) is 0 Å². The largest absolute Gasteiger partial charge is 0.324 e. The van der Waals surface area contributed by atoms with Crippen molar-refractivity contribution in [2.24, 2.45) is 5.73 Å². The quantitative estimate of drug-likeness (QED) is 0.752. The Balaban J connectivity index is 2.33. The molecule has 0 amide bonds. The number of hydrogen-bond donors (Lipinski definition) is 1. The van der Waals surface area contributed by atoms with Crippen molar-refractivity contribution < 1.29 is 0 Å². The van der Waals surface area contributed by atoms with Crippen LogP contribution in [0.4, 0.5) is 0 Å². The molecular formula is C8H13N3S. The number of hydrogen-bond acceptors (Lipinski definition) is 4. The normalized spacial score (nSPS) is 20.9. The number of rotatable bonds is 2. The molecule has 2 N–H and O–H groups in total. The molecule has 1 fully saturated rings. The van der Waals surface area contributed by atoms with E-state index in [1.165, 1.54) is 11.5 Å². The van der Waals surface area contributed by atoms with Gasteiger partial charge in [-0.3, -0.25) is 0 Å². The summed E-state index contributed by atoms with van der Waals surface area (Å²) in [4.78, 5) is 0. The van der Waals surface area contributed by atoms with Crippen molar-refractivity contribution in [3.05, 3.63) is 11.1 Å². The van der Waals surface area contributed by atoms with Crippen LogP contribution in [0.3, 0.4) is 0 Å². The van der Waals surface area contributed by atoms with Crippen LogP contribution >= 0.6 is 11.5 Å². The van der Waals surface area contributed by atoms with Crippen molar-refractivity contribution in [1.82, 2.24) is 9.59 Å². The van der Waals surface area contributed by atoms with Crippen molar-refractivity contribution in [2.45, 2.75) is 37.6 Å². The van der Waals surface area contributed by atoms with Crippen LogP contribution in [0.1, 0.15) is 32.4 Å². The van der Waals surface area contributed by atoms with Crippen LogP contribution in [-0.4, -0.2) is 15.1 Å². The first-order chi connectivity index (χ1) is 5.56. The van der Waals surface area contributed by atoms with Crippen LogP contribution in [0.15, 0.2) is 5.38 Å². The summed E-state index contributed by atoms with van der Waals surface area (Å²) in [5.41, 5.74) is 7.15. The summed E-state index contributed by atoms with van der Waals surface area (Å²) in [6.45, 7) is 4.30. The number of nitrogens with two attached hydrogens (primary N) is 1. The molecule has 1 aliphatic carbocycles. The average Bonchev–Trinajstić information content (AvgIpc) is 2.59. The van der Waals surface area contributed by atoms with Crippen LogP contribution in [0.2, 0.25) is 0 Å². The molecule has 2 rings (SSSR count). The molecule has 1 saturated carbocycles. The van der Waals surface area contributed by atoms with Crippen molar-refractivity contribution in [3.8, 4) is 0 Å². The SMILES string of the molecule is CC(C)(c1csnn1)C1(N)CC1. The minimum absolute atomic E-state index is 0.0139. The zero-order chi connectivity index (χ0) is 8.82. The summed E-state index contributed by atoms with van der Waals surface area (Å²) in [5.74, 6) is 0. The second kappa shape index (κ2) is 2.26. The van der Waals surface area contributed by atoms with Gasteiger partial charge in [0.15, 0.2) is 0 Å². The van der Waals surface area contributed by atoms with Crippen molar-refractivity contribution in [1.29, 1.82) is 0 Å². The summed E-state index contributed by atoms with van der Waals surface area (Å²) >= 11 is 1.39. The van der Waals surface area contributed by atoms with E-state index >= 15 is 0 Å². The lowest BCUT2D eigenvalue weighted by atomic mass is 9.80. The standard InChI is InChI=1S/C8H13N3S/c1-7(2,8(9)3-4-8)6-5-12-11-10-6/h5H,3-4,9H2,1-2H3. The predicted molar refractivity (Wildman–Crippen MR) is 49.1 cm³/mol. The van der Waals surface area contributed by atoms with Gasteiger partial charge in [-0.2, -0.15) is 0 Å². The van der Waals surface area contributed by atoms with Crippen molar-refractivity contribution in [2.75, 3.05) is 0 Å². The van der Waals surface area contributed by atoms with Crippen LogP contribution in [-0.2, 0) is 5.41 Å². The molecule has 0 spiro atoms. The van der Waals surface area contributed by atoms with Gasteiger partial charge < -0.3 is 5.73 Å². The van der Waals surface area contributed by atoms with Gasteiger partial charge in [0, 0.05) is 16.3 Å². The maximum Gasteiger partial charge on any atom is 0.0829 e. The highest BCUT2D eigenvalue weighted by atomic mass is 32.1. The van der Waals surface area contributed by atoms with Gasteiger partial charge >= 0.3 is 0 Å². The molecule has 66 valence electrons. The van der Waals surface area contributed by atoms with E-state index in [1.807, 2.05) is 5.38 Å². The van der Waals surface area contributed by atoms with E-state index < -0.39 is 0 Å². The summed E-state index contributed by atoms with van der Waals surface area (Å²) in [6, 6.07) is 0. The Hall–Kier alpha value is -0.480. The Morgan fingerprint density at radius 3 is 2.67 bits per heavy atom. The first-order valence-electron chi connectivity index (χ1n) is 4.13.